The van der Waals surface area contributed by atoms with Gasteiger partial charge in [-0.2, -0.15) is 0 Å². The molecule has 0 saturated heterocycles. The quantitative estimate of drug-likeness (QED) is 0.773. The zero-order valence-corrected chi connectivity index (χ0v) is 12.1. The molecule has 112 valence electrons. The lowest BCUT2D eigenvalue weighted by atomic mass is 10.2. The number of carbonyl (C=O) groups is 1. The Labute approximate surface area is 127 Å². The van der Waals surface area contributed by atoms with Gasteiger partial charge in [0.1, 0.15) is 23.0 Å². The number of amides is 1. The maximum Gasteiger partial charge on any atom is 0.265 e. The van der Waals surface area contributed by atoms with Gasteiger partial charge in [-0.3, -0.25) is 4.79 Å². The lowest BCUT2D eigenvalue weighted by Crippen LogP contribution is -2.16. The smallest absolute Gasteiger partial charge is 0.265 e. The van der Waals surface area contributed by atoms with E-state index in [9.17, 15) is 4.79 Å². The first-order chi connectivity index (χ1) is 10.6. The minimum absolute atomic E-state index is 0.395. The van der Waals surface area contributed by atoms with Crippen molar-refractivity contribution >= 4 is 22.6 Å². The number of benzene rings is 1. The molecule has 0 spiro atoms. The number of aromatic nitrogens is 2. The van der Waals surface area contributed by atoms with Crippen LogP contribution in [0.3, 0.4) is 0 Å². The van der Waals surface area contributed by atoms with Gasteiger partial charge in [-0.25, -0.2) is 4.98 Å². The van der Waals surface area contributed by atoms with Crippen molar-refractivity contribution in [3.05, 3.63) is 48.3 Å². The van der Waals surface area contributed by atoms with Crippen LogP contribution < -0.4 is 16.2 Å². The van der Waals surface area contributed by atoms with Crippen LogP contribution in [0.5, 0.6) is 11.5 Å². The third kappa shape index (κ3) is 2.46. The molecule has 0 atom stereocenters. The number of anilines is 1. The second-order valence-electron chi connectivity index (χ2n) is 4.88. The van der Waals surface area contributed by atoms with E-state index in [1.807, 2.05) is 29.7 Å². The van der Waals surface area contributed by atoms with Crippen LogP contribution in [0.1, 0.15) is 17.4 Å². The monoisotopic (exact) mass is 296 g/mol. The normalized spacial score (nSPS) is 10.8. The van der Waals surface area contributed by atoms with Gasteiger partial charge in [-0.05, 0) is 37.3 Å². The summed E-state index contributed by atoms with van der Waals surface area (Å²) in [7, 11) is 0. The Morgan fingerprint density at radius 2 is 2.00 bits per heavy atom. The maximum absolute atomic E-state index is 11.5. The number of nitrogens with zero attached hydrogens (tertiary/aromatic N) is 2. The molecule has 0 saturated carbocycles. The van der Waals surface area contributed by atoms with Gasteiger partial charge in [0.05, 0.1) is 0 Å². The van der Waals surface area contributed by atoms with Crippen LogP contribution in [0.15, 0.2) is 42.6 Å². The van der Waals surface area contributed by atoms with E-state index in [0.29, 0.717) is 29.6 Å². The summed E-state index contributed by atoms with van der Waals surface area (Å²) in [6, 6.07) is 10.8. The number of rotatable bonds is 4. The van der Waals surface area contributed by atoms with Crippen molar-refractivity contribution in [1.29, 1.82) is 0 Å². The Morgan fingerprint density at radius 3 is 2.68 bits per heavy atom. The van der Waals surface area contributed by atoms with E-state index in [4.69, 9.17) is 16.2 Å². The van der Waals surface area contributed by atoms with Crippen LogP contribution >= 0.6 is 0 Å². The number of hydrogen-bond donors (Lipinski definition) is 2. The van der Waals surface area contributed by atoms with Crippen LogP contribution in [0.4, 0.5) is 5.82 Å². The topological polar surface area (TPSA) is 96.2 Å². The molecule has 6 nitrogen and oxygen atoms in total. The maximum atomic E-state index is 11.5. The number of fused-ring (bicyclic) bond motifs is 1. The molecule has 0 aliphatic rings. The number of ether oxygens (including phenoxy) is 1. The molecule has 2 aromatic heterocycles. The predicted octanol–water partition coefficient (Wildman–Crippen LogP) is 2.53. The van der Waals surface area contributed by atoms with E-state index < -0.39 is 5.91 Å². The number of nitrogen functional groups attached to an aromatic ring is 1. The second-order valence-corrected chi connectivity index (χ2v) is 4.88. The van der Waals surface area contributed by atoms with Crippen molar-refractivity contribution in [2.75, 3.05) is 5.73 Å². The number of aryl methyl sites for hydroxylation is 1. The minimum atomic E-state index is -0.442. The molecule has 2 heterocycles. The molecule has 1 aromatic carbocycles. The summed E-state index contributed by atoms with van der Waals surface area (Å²) >= 11 is 0. The van der Waals surface area contributed by atoms with Gasteiger partial charge in [0.2, 0.25) is 0 Å². The summed E-state index contributed by atoms with van der Waals surface area (Å²) in [4.78, 5) is 15.4. The summed E-state index contributed by atoms with van der Waals surface area (Å²) < 4.78 is 7.65. The highest BCUT2D eigenvalue weighted by molar-refractivity contribution is 5.98. The predicted molar refractivity (Wildman–Crippen MR) is 84.9 cm³/mol. The van der Waals surface area contributed by atoms with Crippen molar-refractivity contribution in [1.82, 2.24) is 9.55 Å². The third-order valence-corrected chi connectivity index (χ3v) is 3.43. The molecule has 0 radical (unpaired) electrons. The van der Waals surface area contributed by atoms with Crippen LogP contribution in [0.2, 0.25) is 0 Å². The molecule has 4 N–H and O–H groups in total. The average molecular weight is 296 g/mol. The molecule has 1 amide bonds. The van der Waals surface area contributed by atoms with Crippen LogP contribution in [-0.4, -0.2) is 15.5 Å². The summed E-state index contributed by atoms with van der Waals surface area (Å²) in [5, 5.41) is 0.898. The van der Waals surface area contributed by atoms with Crippen molar-refractivity contribution < 1.29 is 9.53 Å². The highest BCUT2D eigenvalue weighted by Crippen LogP contribution is 2.28. The van der Waals surface area contributed by atoms with Crippen molar-refractivity contribution in [3.63, 3.8) is 0 Å². The summed E-state index contributed by atoms with van der Waals surface area (Å²) in [6.45, 7) is 2.64. The summed E-state index contributed by atoms with van der Waals surface area (Å²) in [5.41, 5.74) is 12.5. The van der Waals surface area contributed by atoms with E-state index in [-0.39, 0.29) is 0 Å². The largest absolute Gasteiger partial charge is 0.457 e. The molecule has 0 aliphatic carbocycles. The van der Waals surface area contributed by atoms with Crippen LogP contribution in [0.25, 0.3) is 10.9 Å². The van der Waals surface area contributed by atoms with Crippen LogP contribution in [-0.2, 0) is 6.54 Å². The first-order valence-corrected chi connectivity index (χ1v) is 6.91. The summed E-state index contributed by atoms with van der Waals surface area (Å²) in [5.74, 6) is 1.22. The molecule has 0 bridgehead atoms. The number of nitrogens with two attached hydrogens (primary N) is 2. The molecule has 0 unspecified atom stereocenters. The fourth-order valence-corrected chi connectivity index (χ4v) is 2.48. The number of pyridine rings is 1. The molecule has 6 heteroatoms. The number of primary amides is 1. The lowest BCUT2D eigenvalue weighted by Gasteiger charge is -2.07. The standard InChI is InChI=1S/C16H16N4O2/c1-2-20-13-4-3-11(7-10(13)8-14(20)16(18)21)22-12-5-6-19-15(17)9-12/h3-9H,2H2,1H3,(H2,17,19)(H2,18,21). The first kappa shape index (κ1) is 13.9. The van der Waals surface area contributed by atoms with Crippen molar-refractivity contribution in [2.45, 2.75) is 13.5 Å². The fourth-order valence-electron chi connectivity index (χ4n) is 2.48. The number of hydrogen-bond acceptors (Lipinski definition) is 4. The van der Waals surface area contributed by atoms with E-state index in [0.717, 1.165) is 10.9 Å². The molecular weight excluding hydrogens is 280 g/mol. The zero-order valence-electron chi connectivity index (χ0n) is 12.1. The molecule has 0 fully saturated rings. The molecule has 3 rings (SSSR count). The van der Waals surface area contributed by atoms with Crippen LogP contribution in [0, 0.1) is 0 Å². The third-order valence-electron chi connectivity index (χ3n) is 3.43. The van der Waals surface area contributed by atoms with Gasteiger partial charge in [0.25, 0.3) is 5.91 Å². The van der Waals surface area contributed by atoms with Gasteiger partial charge in [-0.15, -0.1) is 0 Å². The Hall–Kier alpha value is -3.02. The summed E-state index contributed by atoms with van der Waals surface area (Å²) in [6.07, 6.45) is 1.59. The highest BCUT2D eigenvalue weighted by atomic mass is 16.5. The van der Waals surface area contributed by atoms with Gasteiger partial charge in [-0.1, -0.05) is 0 Å². The molecular formula is C16H16N4O2. The average Bonchev–Trinajstić information content (AvgIpc) is 2.85. The molecule has 0 aliphatic heterocycles. The Balaban J connectivity index is 2.01. The Bertz CT molecular complexity index is 854. The van der Waals surface area contributed by atoms with E-state index in [1.54, 1.807) is 24.4 Å². The second kappa shape index (κ2) is 5.40. The van der Waals surface area contributed by atoms with Crippen molar-refractivity contribution in [2.24, 2.45) is 5.73 Å². The molecule has 22 heavy (non-hydrogen) atoms. The Morgan fingerprint density at radius 1 is 1.23 bits per heavy atom. The minimum Gasteiger partial charge on any atom is -0.457 e. The first-order valence-electron chi connectivity index (χ1n) is 6.91. The molecule has 3 aromatic rings. The fraction of sp³-hybridized carbons (Fsp3) is 0.125. The van der Waals surface area contributed by atoms with Crippen molar-refractivity contribution in [3.8, 4) is 11.5 Å². The zero-order chi connectivity index (χ0) is 15.7. The van der Waals surface area contributed by atoms with Gasteiger partial charge >= 0.3 is 0 Å². The SMILES string of the molecule is CCn1c(C(N)=O)cc2cc(Oc3ccnc(N)c3)ccc21. The number of carbonyl (C=O) groups excluding carboxylic acids is 1. The van der Waals surface area contributed by atoms with E-state index >= 15 is 0 Å². The Kier molecular flexibility index (Phi) is 3.42. The van der Waals surface area contributed by atoms with Gasteiger partial charge in [0, 0.05) is 29.7 Å². The van der Waals surface area contributed by atoms with E-state index in [1.165, 1.54) is 0 Å². The highest BCUT2D eigenvalue weighted by Gasteiger charge is 2.12. The van der Waals surface area contributed by atoms with Gasteiger partial charge < -0.3 is 20.8 Å². The van der Waals surface area contributed by atoms with E-state index in [2.05, 4.69) is 4.98 Å². The van der Waals surface area contributed by atoms with Gasteiger partial charge in [0.15, 0.2) is 0 Å². The lowest BCUT2D eigenvalue weighted by molar-refractivity contribution is 0.0992.